The van der Waals surface area contributed by atoms with Crippen LogP contribution in [0.15, 0.2) is 10.5 Å². The van der Waals surface area contributed by atoms with Crippen LogP contribution in [0.1, 0.15) is 56.1 Å². The maximum Gasteiger partial charge on any atom is 0.120 e. The molecule has 1 aromatic heterocycles. The maximum absolute atomic E-state index is 5.99. The summed E-state index contributed by atoms with van der Waals surface area (Å²) in [6.45, 7) is 9.54. The molecular weight excluding hydrogens is 236 g/mol. The molecule has 0 aliphatic carbocycles. The fraction of sp³-hybridized carbons (Fsp3) is 0.750. The molecule has 1 N–H and O–H groups in total. The van der Waals surface area contributed by atoms with Crippen LogP contribution in [-0.4, -0.2) is 24.5 Å². The highest BCUT2D eigenvalue weighted by Gasteiger charge is 2.13. The molecule has 0 saturated carbocycles. The zero-order chi connectivity index (χ0) is 13.5. The Morgan fingerprint density at radius 2 is 1.84 bits per heavy atom. The molecule has 0 bridgehead atoms. The summed E-state index contributed by atoms with van der Waals surface area (Å²) in [5.41, 5.74) is 1.28. The van der Waals surface area contributed by atoms with Gasteiger partial charge < -0.3 is 9.73 Å². The quantitative estimate of drug-likeness (QED) is 0.883. The van der Waals surface area contributed by atoms with Crippen molar-refractivity contribution in [2.24, 2.45) is 0 Å². The third-order valence-corrected chi connectivity index (χ3v) is 3.94. The van der Waals surface area contributed by atoms with E-state index in [0.29, 0.717) is 0 Å². The molecule has 0 aromatic carbocycles. The highest BCUT2D eigenvalue weighted by molar-refractivity contribution is 5.20. The molecule has 0 amide bonds. The Morgan fingerprint density at radius 1 is 1.16 bits per heavy atom. The molecule has 3 nitrogen and oxygen atoms in total. The van der Waals surface area contributed by atoms with Crippen LogP contribution in [0, 0.1) is 6.92 Å². The van der Waals surface area contributed by atoms with E-state index in [0.717, 1.165) is 31.2 Å². The maximum atomic E-state index is 5.99. The first-order valence-corrected chi connectivity index (χ1v) is 7.81. The van der Waals surface area contributed by atoms with Gasteiger partial charge in [-0.15, -0.1) is 0 Å². The first-order valence-electron chi connectivity index (χ1n) is 7.81. The fourth-order valence-corrected chi connectivity index (χ4v) is 2.77. The van der Waals surface area contributed by atoms with Crippen molar-refractivity contribution in [3.05, 3.63) is 23.2 Å². The molecule has 1 saturated heterocycles. The summed E-state index contributed by atoms with van der Waals surface area (Å²) in [6.07, 6.45) is 6.87. The Kier molecular flexibility index (Phi) is 5.93. The van der Waals surface area contributed by atoms with Gasteiger partial charge in [0.15, 0.2) is 0 Å². The van der Waals surface area contributed by atoms with Crippen molar-refractivity contribution in [2.75, 3.05) is 19.6 Å². The highest BCUT2D eigenvalue weighted by atomic mass is 16.3. The molecule has 2 heterocycles. The summed E-state index contributed by atoms with van der Waals surface area (Å²) in [6, 6.07) is 2.21. The second-order valence-electron chi connectivity index (χ2n) is 5.64. The van der Waals surface area contributed by atoms with Crippen LogP contribution in [0.2, 0.25) is 0 Å². The average Bonchev–Trinajstić information content (AvgIpc) is 2.70. The van der Waals surface area contributed by atoms with Gasteiger partial charge in [-0.3, -0.25) is 4.90 Å². The van der Waals surface area contributed by atoms with Crippen LogP contribution < -0.4 is 5.32 Å². The largest absolute Gasteiger partial charge is 0.463 e. The molecule has 1 aromatic rings. The Bertz CT molecular complexity index is 365. The lowest BCUT2D eigenvalue weighted by Gasteiger charge is -2.23. The third-order valence-electron chi connectivity index (χ3n) is 3.94. The molecule has 0 atom stereocenters. The van der Waals surface area contributed by atoms with E-state index in [4.69, 9.17) is 4.42 Å². The first kappa shape index (κ1) is 14.6. The van der Waals surface area contributed by atoms with E-state index < -0.39 is 0 Å². The van der Waals surface area contributed by atoms with E-state index >= 15 is 0 Å². The van der Waals surface area contributed by atoms with Crippen molar-refractivity contribution in [1.82, 2.24) is 10.2 Å². The van der Waals surface area contributed by atoms with Crippen LogP contribution in [-0.2, 0) is 13.1 Å². The van der Waals surface area contributed by atoms with E-state index in [1.54, 1.807) is 0 Å². The monoisotopic (exact) mass is 264 g/mol. The molecule has 1 aliphatic heterocycles. The minimum absolute atomic E-state index is 0.850. The van der Waals surface area contributed by atoms with E-state index in [9.17, 15) is 0 Å². The Balaban J connectivity index is 1.90. The molecular formula is C16H28N2O. The van der Waals surface area contributed by atoms with Gasteiger partial charge in [0.25, 0.3) is 0 Å². The summed E-state index contributed by atoms with van der Waals surface area (Å²) in [7, 11) is 0. The minimum atomic E-state index is 0.850. The van der Waals surface area contributed by atoms with Gasteiger partial charge in [-0.05, 0) is 51.0 Å². The van der Waals surface area contributed by atoms with Gasteiger partial charge in [-0.25, -0.2) is 0 Å². The Labute approximate surface area is 117 Å². The van der Waals surface area contributed by atoms with Gasteiger partial charge >= 0.3 is 0 Å². The molecule has 1 fully saturated rings. The lowest BCUT2D eigenvalue weighted by atomic mass is 10.1. The van der Waals surface area contributed by atoms with Crippen LogP contribution >= 0.6 is 0 Å². The van der Waals surface area contributed by atoms with E-state index in [1.165, 1.54) is 50.8 Å². The summed E-state index contributed by atoms with van der Waals surface area (Å²) in [5, 5.41) is 3.33. The van der Waals surface area contributed by atoms with Crippen molar-refractivity contribution in [3.63, 3.8) is 0 Å². The topological polar surface area (TPSA) is 28.4 Å². The third kappa shape index (κ3) is 4.66. The standard InChI is InChI=1S/C16H28N2O/c1-3-17-12-16-14(2)11-15(19-16)13-18-9-7-5-4-6-8-10-18/h11,17H,3-10,12-13H2,1-2H3. The number of nitrogens with zero attached hydrogens (tertiary/aromatic N) is 1. The van der Waals surface area contributed by atoms with Gasteiger partial charge in [-0.1, -0.05) is 26.2 Å². The number of aryl methyl sites for hydroxylation is 1. The molecule has 0 radical (unpaired) electrons. The fourth-order valence-electron chi connectivity index (χ4n) is 2.77. The zero-order valence-electron chi connectivity index (χ0n) is 12.5. The normalized spacial score (nSPS) is 18.2. The second kappa shape index (κ2) is 7.71. The first-order chi connectivity index (χ1) is 9.29. The van der Waals surface area contributed by atoms with Crippen molar-refractivity contribution < 1.29 is 4.42 Å². The molecule has 0 unspecified atom stereocenters. The SMILES string of the molecule is CCNCc1oc(CN2CCCCCCC2)cc1C. The number of hydrogen-bond donors (Lipinski definition) is 1. The van der Waals surface area contributed by atoms with Crippen molar-refractivity contribution in [3.8, 4) is 0 Å². The predicted octanol–water partition coefficient (Wildman–Crippen LogP) is 3.46. The smallest absolute Gasteiger partial charge is 0.120 e. The van der Waals surface area contributed by atoms with E-state index in [-0.39, 0.29) is 0 Å². The lowest BCUT2D eigenvalue weighted by molar-refractivity contribution is 0.220. The zero-order valence-corrected chi connectivity index (χ0v) is 12.5. The minimum Gasteiger partial charge on any atom is -0.463 e. The number of likely N-dealkylation sites (tertiary alicyclic amines) is 1. The van der Waals surface area contributed by atoms with Crippen LogP contribution in [0.5, 0.6) is 0 Å². The lowest BCUT2D eigenvalue weighted by Crippen LogP contribution is -2.26. The van der Waals surface area contributed by atoms with Gasteiger partial charge in [0.2, 0.25) is 0 Å². The Hall–Kier alpha value is -0.800. The van der Waals surface area contributed by atoms with Crippen molar-refractivity contribution in [2.45, 2.75) is 59.0 Å². The van der Waals surface area contributed by atoms with Crippen molar-refractivity contribution in [1.29, 1.82) is 0 Å². The predicted molar refractivity (Wildman–Crippen MR) is 79.2 cm³/mol. The Morgan fingerprint density at radius 3 is 2.53 bits per heavy atom. The molecule has 19 heavy (non-hydrogen) atoms. The van der Waals surface area contributed by atoms with E-state index in [2.05, 4.69) is 30.1 Å². The van der Waals surface area contributed by atoms with Crippen LogP contribution in [0.4, 0.5) is 0 Å². The second-order valence-corrected chi connectivity index (χ2v) is 5.64. The highest BCUT2D eigenvalue weighted by Crippen LogP contribution is 2.18. The summed E-state index contributed by atoms with van der Waals surface area (Å²) in [4.78, 5) is 2.55. The molecule has 108 valence electrons. The van der Waals surface area contributed by atoms with E-state index in [1.807, 2.05) is 0 Å². The van der Waals surface area contributed by atoms with Gasteiger partial charge in [0, 0.05) is 0 Å². The molecule has 3 heteroatoms. The van der Waals surface area contributed by atoms with Crippen LogP contribution in [0.25, 0.3) is 0 Å². The summed E-state index contributed by atoms with van der Waals surface area (Å²) >= 11 is 0. The number of rotatable bonds is 5. The number of nitrogens with one attached hydrogen (secondary N) is 1. The van der Waals surface area contributed by atoms with Gasteiger partial charge in [0.05, 0.1) is 13.1 Å². The molecule has 2 rings (SSSR count). The molecule has 1 aliphatic rings. The average molecular weight is 264 g/mol. The summed E-state index contributed by atoms with van der Waals surface area (Å²) < 4.78 is 5.99. The molecule has 0 spiro atoms. The van der Waals surface area contributed by atoms with Crippen molar-refractivity contribution >= 4 is 0 Å². The van der Waals surface area contributed by atoms with Gasteiger partial charge in [0.1, 0.15) is 11.5 Å². The summed E-state index contributed by atoms with van der Waals surface area (Å²) in [5.74, 6) is 2.23. The van der Waals surface area contributed by atoms with Gasteiger partial charge in [-0.2, -0.15) is 0 Å². The number of furan rings is 1. The van der Waals surface area contributed by atoms with Crippen LogP contribution in [0.3, 0.4) is 0 Å². The number of hydrogen-bond acceptors (Lipinski definition) is 3.